The van der Waals surface area contributed by atoms with Crippen LogP contribution in [-0.2, 0) is 4.74 Å². The molecule has 0 bridgehead atoms. The lowest BCUT2D eigenvalue weighted by atomic mass is 10.1. The van der Waals surface area contributed by atoms with Gasteiger partial charge in [0.2, 0.25) is 0 Å². The maximum atomic E-state index is 5.35. The van der Waals surface area contributed by atoms with E-state index in [9.17, 15) is 0 Å². The minimum Gasteiger partial charge on any atom is -0.379 e. The second kappa shape index (κ2) is 10.9. The minimum atomic E-state index is 0.728. The van der Waals surface area contributed by atoms with E-state index in [0.717, 1.165) is 70.8 Å². The summed E-state index contributed by atoms with van der Waals surface area (Å²) in [5.74, 6) is 1.68. The molecule has 0 aliphatic carbocycles. The molecule has 1 rings (SSSR count). The zero-order valence-electron chi connectivity index (χ0n) is 13.5. The largest absolute Gasteiger partial charge is 0.379 e. The molecule has 5 heteroatoms. The van der Waals surface area contributed by atoms with Crippen molar-refractivity contribution in [1.29, 1.82) is 0 Å². The number of ether oxygens (including phenoxy) is 1. The first-order valence-electron chi connectivity index (χ1n) is 8.04. The Balaban J connectivity index is 2.16. The predicted octanol–water partition coefficient (Wildman–Crippen LogP) is 1.31. The van der Waals surface area contributed by atoms with Crippen molar-refractivity contribution >= 4 is 5.96 Å². The molecule has 118 valence electrons. The number of nitrogens with one attached hydrogen (secondary N) is 2. The Morgan fingerprint density at radius 3 is 2.65 bits per heavy atom. The average molecular weight is 284 g/mol. The maximum absolute atomic E-state index is 5.35. The third-order valence-electron chi connectivity index (χ3n) is 3.36. The second-order valence-electron chi connectivity index (χ2n) is 5.68. The lowest BCUT2D eigenvalue weighted by Crippen LogP contribution is -2.39. The molecule has 20 heavy (non-hydrogen) atoms. The summed E-state index contributed by atoms with van der Waals surface area (Å²) in [5, 5.41) is 6.70. The van der Waals surface area contributed by atoms with Crippen molar-refractivity contribution in [1.82, 2.24) is 15.5 Å². The highest BCUT2D eigenvalue weighted by molar-refractivity contribution is 5.79. The average Bonchev–Trinajstić information content (AvgIpc) is 2.44. The zero-order valence-corrected chi connectivity index (χ0v) is 13.5. The van der Waals surface area contributed by atoms with Crippen LogP contribution in [0.4, 0.5) is 0 Å². The lowest BCUT2D eigenvalue weighted by Gasteiger charge is -2.26. The second-order valence-corrected chi connectivity index (χ2v) is 5.68. The summed E-state index contributed by atoms with van der Waals surface area (Å²) in [4.78, 5) is 7.09. The Labute approximate surface area is 124 Å². The van der Waals surface area contributed by atoms with Crippen molar-refractivity contribution in [2.24, 2.45) is 10.9 Å². The summed E-state index contributed by atoms with van der Waals surface area (Å²) in [6, 6.07) is 0. The molecule has 0 spiro atoms. The molecule has 1 aliphatic heterocycles. The number of guanidine groups is 1. The van der Waals surface area contributed by atoms with Gasteiger partial charge in [-0.1, -0.05) is 13.8 Å². The first-order chi connectivity index (χ1) is 9.72. The smallest absolute Gasteiger partial charge is 0.191 e. The third-order valence-corrected chi connectivity index (χ3v) is 3.36. The van der Waals surface area contributed by atoms with Crippen LogP contribution in [0.1, 0.15) is 33.6 Å². The molecule has 0 amide bonds. The normalized spacial score (nSPS) is 17.5. The summed E-state index contributed by atoms with van der Waals surface area (Å²) in [6.07, 6.45) is 2.29. The van der Waals surface area contributed by atoms with Crippen molar-refractivity contribution in [2.45, 2.75) is 33.6 Å². The summed E-state index contributed by atoms with van der Waals surface area (Å²) in [7, 11) is 0. The Morgan fingerprint density at radius 1 is 1.25 bits per heavy atom. The van der Waals surface area contributed by atoms with E-state index in [1.165, 1.54) is 6.42 Å². The molecule has 0 aromatic heterocycles. The van der Waals surface area contributed by atoms with Crippen LogP contribution in [-0.4, -0.2) is 63.3 Å². The summed E-state index contributed by atoms with van der Waals surface area (Å²) >= 11 is 0. The summed E-state index contributed by atoms with van der Waals surface area (Å²) in [5.41, 5.74) is 0. The number of morpholine rings is 1. The molecular formula is C15H32N4O. The van der Waals surface area contributed by atoms with E-state index >= 15 is 0 Å². The van der Waals surface area contributed by atoms with Crippen LogP contribution < -0.4 is 10.6 Å². The summed E-state index contributed by atoms with van der Waals surface area (Å²) < 4.78 is 5.35. The van der Waals surface area contributed by atoms with Crippen LogP contribution in [0.5, 0.6) is 0 Å². The molecule has 1 saturated heterocycles. The molecule has 0 saturated carbocycles. The Hall–Kier alpha value is -0.810. The highest BCUT2D eigenvalue weighted by atomic mass is 16.5. The molecule has 1 fully saturated rings. The molecule has 0 aromatic rings. The van der Waals surface area contributed by atoms with Crippen molar-refractivity contribution < 1.29 is 4.74 Å². The monoisotopic (exact) mass is 284 g/mol. The van der Waals surface area contributed by atoms with Gasteiger partial charge in [0, 0.05) is 39.3 Å². The predicted molar refractivity (Wildman–Crippen MR) is 85.3 cm³/mol. The van der Waals surface area contributed by atoms with Gasteiger partial charge >= 0.3 is 0 Å². The molecule has 1 aliphatic rings. The van der Waals surface area contributed by atoms with E-state index in [1.807, 2.05) is 0 Å². The molecule has 2 N–H and O–H groups in total. The van der Waals surface area contributed by atoms with E-state index in [0.29, 0.717) is 0 Å². The van der Waals surface area contributed by atoms with Crippen LogP contribution >= 0.6 is 0 Å². The number of rotatable bonds is 8. The van der Waals surface area contributed by atoms with Gasteiger partial charge in [0.1, 0.15) is 0 Å². The Morgan fingerprint density at radius 2 is 2.00 bits per heavy atom. The van der Waals surface area contributed by atoms with E-state index in [2.05, 4.69) is 41.3 Å². The van der Waals surface area contributed by atoms with Crippen molar-refractivity contribution in [2.75, 3.05) is 52.5 Å². The van der Waals surface area contributed by atoms with Gasteiger partial charge in [0.15, 0.2) is 5.96 Å². The standard InChI is InChI=1S/C15H32N4O/c1-4-16-15(18-8-6-14(2)3)17-7-5-9-19-10-12-20-13-11-19/h14H,4-13H2,1-3H3,(H2,16,17,18). The zero-order chi connectivity index (χ0) is 14.6. The van der Waals surface area contributed by atoms with E-state index in [4.69, 9.17) is 4.74 Å². The fourth-order valence-electron chi connectivity index (χ4n) is 2.13. The molecule has 0 unspecified atom stereocenters. The van der Waals surface area contributed by atoms with Gasteiger partial charge in [-0.15, -0.1) is 0 Å². The van der Waals surface area contributed by atoms with E-state index < -0.39 is 0 Å². The molecule has 0 atom stereocenters. The van der Waals surface area contributed by atoms with E-state index in [-0.39, 0.29) is 0 Å². The molecular weight excluding hydrogens is 252 g/mol. The quantitative estimate of drug-likeness (QED) is 0.401. The first-order valence-corrected chi connectivity index (χ1v) is 8.04. The Kier molecular flexibility index (Phi) is 9.41. The van der Waals surface area contributed by atoms with E-state index in [1.54, 1.807) is 0 Å². The van der Waals surface area contributed by atoms with Gasteiger partial charge in [-0.05, 0) is 25.7 Å². The van der Waals surface area contributed by atoms with Gasteiger partial charge in [-0.25, -0.2) is 0 Å². The van der Waals surface area contributed by atoms with Crippen LogP contribution in [0.3, 0.4) is 0 Å². The lowest BCUT2D eigenvalue weighted by molar-refractivity contribution is 0.0377. The van der Waals surface area contributed by atoms with Crippen molar-refractivity contribution in [3.05, 3.63) is 0 Å². The maximum Gasteiger partial charge on any atom is 0.191 e. The minimum absolute atomic E-state index is 0.728. The fraction of sp³-hybridized carbons (Fsp3) is 0.933. The van der Waals surface area contributed by atoms with Gasteiger partial charge < -0.3 is 15.4 Å². The number of hydrogen-bond acceptors (Lipinski definition) is 3. The summed E-state index contributed by atoms with van der Waals surface area (Å²) in [6.45, 7) is 14.4. The molecule has 0 aromatic carbocycles. The SMILES string of the molecule is CCNC(=NCCCN1CCOCC1)NCCC(C)C. The van der Waals surface area contributed by atoms with Crippen molar-refractivity contribution in [3.63, 3.8) is 0 Å². The van der Waals surface area contributed by atoms with Gasteiger partial charge in [-0.3, -0.25) is 9.89 Å². The van der Waals surface area contributed by atoms with Crippen LogP contribution in [0.25, 0.3) is 0 Å². The number of hydrogen-bond donors (Lipinski definition) is 2. The third kappa shape index (κ3) is 8.38. The van der Waals surface area contributed by atoms with Crippen LogP contribution in [0.2, 0.25) is 0 Å². The Bertz CT molecular complexity index is 263. The highest BCUT2D eigenvalue weighted by Crippen LogP contribution is 1.98. The van der Waals surface area contributed by atoms with Gasteiger partial charge in [-0.2, -0.15) is 0 Å². The molecule has 5 nitrogen and oxygen atoms in total. The van der Waals surface area contributed by atoms with Crippen LogP contribution in [0.15, 0.2) is 4.99 Å². The topological polar surface area (TPSA) is 48.9 Å². The highest BCUT2D eigenvalue weighted by Gasteiger charge is 2.08. The van der Waals surface area contributed by atoms with Gasteiger partial charge in [0.25, 0.3) is 0 Å². The first kappa shape index (κ1) is 17.2. The molecule has 0 radical (unpaired) electrons. The molecule has 1 heterocycles. The number of aliphatic imine (C=N–C) groups is 1. The van der Waals surface area contributed by atoms with Crippen molar-refractivity contribution in [3.8, 4) is 0 Å². The number of nitrogens with zero attached hydrogens (tertiary/aromatic N) is 2. The van der Waals surface area contributed by atoms with Crippen LogP contribution in [0, 0.1) is 5.92 Å². The van der Waals surface area contributed by atoms with Gasteiger partial charge in [0.05, 0.1) is 13.2 Å². The fourth-order valence-corrected chi connectivity index (χ4v) is 2.13.